The van der Waals surface area contributed by atoms with Crippen LogP contribution in [0.1, 0.15) is 0 Å². The predicted molar refractivity (Wildman–Crippen MR) is 144 cm³/mol. The lowest BCUT2D eigenvalue weighted by molar-refractivity contribution is 0.413. The SMILES string of the molecule is COc1cc(N(C)CCN(C)C)c(N)cc1Nc1nccc(-n2cc([S+](C)[O-])c3ccccc32)n1. The van der Waals surface area contributed by atoms with Crippen LogP contribution in [-0.2, 0) is 11.2 Å². The highest BCUT2D eigenvalue weighted by atomic mass is 32.2. The standard InChI is InChI=1S/C25H31N7O2S/c1-30(2)12-13-31(3)21-15-22(34-4)19(14-18(21)26)28-25-27-11-10-24(29-25)32-16-23(35(5)33)17-8-6-7-9-20(17)32/h6-11,14-16H,12-13,26H2,1-5H3,(H,27,28,29). The smallest absolute Gasteiger partial charge is 0.229 e. The van der Waals surface area contributed by atoms with Gasteiger partial charge in [-0.05, 0) is 49.5 Å². The highest BCUT2D eigenvalue weighted by Crippen LogP contribution is 2.36. The molecule has 2 aromatic heterocycles. The van der Waals surface area contributed by atoms with Crippen molar-refractivity contribution in [1.82, 2.24) is 19.4 Å². The van der Waals surface area contributed by atoms with Gasteiger partial charge in [-0.1, -0.05) is 12.1 Å². The fraction of sp³-hybridized carbons (Fsp3) is 0.280. The number of hydrogen-bond donors (Lipinski definition) is 2. The minimum atomic E-state index is -1.13. The average molecular weight is 494 g/mol. The van der Waals surface area contributed by atoms with Crippen LogP contribution in [0.3, 0.4) is 0 Å². The second kappa shape index (κ2) is 10.4. The van der Waals surface area contributed by atoms with E-state index in [1.165, 1.54) is 0 Å². The molecule has 0 aliphatic heterocycles. The lowest BCUT2D eigenvalue weighted by Gasteiger charge is -2.24. The first-order valence-electron chi connectivity index (χ1n) is 11.2. The molecule has 1 atom stereocenters. The summed E-state index contributed by atoms with van der Waals surface area (Å²) in [7, 11) is 7.71. The number of nitrogens with one attached hydrogen (secondary N) is 1. The first kappa shape index (κ1) is 24.6. The van der Waals surface area contributed by atoms with Crippen molar-refractivity contribution < 1.29 is 9.29 Å². The summed E-state index contributed by atoms with van der Waals surface area (Å²) >= 11 is -1.13. The number of nitrogens with zero attached hydrogens (tertiary/aromatic N) is 5. The number of ether oxygens (including phenoxy) is 1. The molecule has 1 unspecified atom stereocenters. The monoisotopic (exact) mass is 493 g/mol. The van der Waals surface area contributed by atoms with Gasteiger partial charge in [0.25, 0.3) is 0 Å². The number of anilines is 4. The van der Waals surface area contributed by atoms with Crippen molar-refractivity contribution in [3.05, 3.63) is 54.9 Å². The molecular formula is C25H31N7O2S. The Morgan fingerprint density at radius 1 is 1.14 bits per heavy atom. The van der Waals surface area contributed by atoms with Crippen LogP contribution in [0.2, 0.25) is 0 Å². The third-order valence-electron chi connectivity index (χ3n) is 5.76. The van der Waals surface area contributed by atoms with Gasteiger partial charge in [0, 0.05) is 32.4 Å². The van der Waals surface area contributed by atoms with Gasteiger partial charge in [-0.2, -0.15) is 4.98 Å². The van der Waals surface area contributed by atoms with Crippen LogP contribution >= 0.6 is 0 Å². The topological polar surface area (TPSA) is 108 Å². The van der Waals surface area contributed by atoms with Crippen molar-refractivity contribution in [2.75, 3.05) is 63.5 Å². The maximum absolute atomic E-state index is 12.3. The summed E-state index contributed by atoms with van der Waals surface area (Å²) in [6.07, 6.45) is 5.22. The molecule has 10 heteroatoms. The van der Waals surface area contributed by atoms with Gasteiger partial charge in [0.15, 0.2) is 4.90 Å². The normalized spacial score (nSPS) is 12.2. The van der Waals surface area contributed by atoms with Crippen LogP contribution in [0.25, 0.3) is 16.7 Å². The number of nitrogen functional groups attached to an aromatic ring is 1. The molecule has 0 bridgehead atoms. The zero-order valence-corrected chi connectivity index (χ0v) is 21.5. The largest absolute Gasteiger partial charge is 0.612 e. The van der Waals surface area contributed by atoms with Crippen molar-refractivity contribution in [2.45, 2.75) is 4.90 Å². The first-order chi connectivity index (χ1) is 16.8. The van der Waals surface area contributed by atoms with Crippen molar-refractivity contribution in [1.29, 1.82) is 0 Å². The van der Waals surface area contributed by atoms with Gasteiger partial charge in [0.1, 0.15) is 17.8 Å². The van der Waals surface area contributed by atoms with E-state index in [2.05, 4.69) is 20.1 Å². The second-order valence-corrected chi connectivity index (χ2v) is 9.88. The van der Waals surface area contributed by atoms with E-state index in [1.807, 2.05) is 74.4 Å². The van der Waals surface area contributed by atoms with Crippen molar-refractivity contribution in [3.8, 4) is 11.6 Å². The summed E-state index contributed by atoms with van der Waals surface area (Å²) in [5, 5.41) is 4.18. The third kappa shape index (κ3) is 5.29. The summed E-state index contributed by atoms with van der Waals surface area (Å²) in [6, 6.07) is 13.4. The van der Waals surface area contributed by atoms with Gasteiger partial charge < -0.3 is 30.1 Å². The lowest BCUT2D eigenvalue weighted by Crippen LogP contribution is -2.29. The van der Waals surface area contributed by atoms with Crippen LogP contribution in [0.4, 0.5) is 23.0 Å². The summed E-state index contributed by atoms with van der Waals surface area (Å²) < 4.78 is 19.9. The molecule has 184 valence electrons. The molecule has 2 heterocycles. The molecule has 0 spiro atoms. The highest BCUT2D eigenvalue weighted by molar-refractivity contribution is 7.91. The minimum absolute atomic E-state index is 0.394. The van der Waals surface area contributed by atoms with Gasteiger partial charge in [-0.3, -0.25) is 4.57 Å². The number of aromatic nitrogens is 3. The van der Waals surface area contributed by atoms with Crippen molar-refractivity contribution >= 4 is 45.1 Å². The van der Waals surface area contributed by atoms with E-state index in [1.54, 1.807) is 19.6 Å². The Morgan fingerprint density at radius 3 is 2.63 bits per heavy atom. The van der Waals surface area contributed by atoms with Crippen molar-refractivity contribution in [2.24, 2.45) is 0 Å². The maximum Gasteiger partial charge on any atom is 0.229 e. The van der Waals surface area contributed by atoms with Crippen LogP contribution in [0, 0.1) is 0 Å². The quantitative estimate of drug-likeness (QED) is 0.270. The highest BCUT2D eigenvalue weighted by Gasteiger charge is 2.18. The second-order valence-electron chi connectivity index (χ2n) is 8.53. The van der Waals surface area contributed by atoms with Crippen LogP contribution in [0.5, 0.6) is 5.75 Å². The molecule has 9 nitrogen and oxygen atoms in total. The summed E-state index contributed by atoms with van der Waals surface area (Å²) in [6.45, 7) is 1.73. The molecule has 4 rings (SSSR count). The Kier molecular flexibility index (Phi) is 7.34. The molecule has 2 aromatic carbocycles. The van der Waals surface area contributed by atoms with E-state index in [-0.39, 0.29) is 0 Å². The molecule has 0 fully saturated rings. The number of rotatable bonds is 9. The van der Waals surface area contributed by atoms with E-state index in [9.17, 15) is 4.55 Å². The first-order valence-corrected chi connectivity index (χ1v) is 12.7. The molecule has 4 aromatic rings. The number of hydrogen-bond acceptors (Lipinski definition) is 8. The molecule has 0 radical (unpaired) electrons. The van der Waals surface area contributed by atoms with Gasteiger partial charge in [0.2, 0.25) is 5.95 Å². The van der Waals surface area contributed by atoms with E-state index in [0.717, 1.165) is 34.6 Å². The van der Waals surface area contributed by atoms with Gasteiger partial charge >= 0.3 is 0 Å². The zero-order valence-electron chi connectivity index (χ0n) is 20.6. The molecule has 0 saturated carbocycles. The van der Waals surface area contributed by atoms with Gasteiger partial charge in [-0.15, -0.1) is 0 Å². The fourth-order valence-corrected chi connectivity index (χ4v) is 4.62. The van der Waals surface area contributed by atoms with E-state index >= 15 is 0 Å². The molecule has 0 saturated heterocycles. The summed E-state index contributed by atoms with van der Waals surface area (Å²) in [5.74, 6) is 1.68. The Bertz CT molecular complexity index is 1320. The summed E-state index contributed by atoms with van der Waals surface area (Å²) in [5.41, 5.74) is 9.50. The Balaban J connectivity index is 1.66. The molecule has 0 aliphatic carbocycles. The maximum atomic E-state index is 12.3. The predicted octanol–water partition coefficient (Wildman–Crippen LogP) is 3.49. The third-order valence-corrected chi connectivity index (χ3v) is 6.71. The van der Waals surface area contributed by atoms with Crippen LogP contribution in [0.15, 0.2) is 59.8 Å². The van der Waals surface area contributed by atoms with Gasteiger partial charge in [-0.25, -0.2) is 4.98 Å². The number of fused-ring (bicyclic) bond motifs is 1. The number of nitrogens with two attached hydrogens (primary N) is 1. The fourth-order valence-electron chi connectivity index (χ4n) is 3.88. The van der Waals surface area contributed by atoms with Crippen molar-refractivity contribution in [3.63, 3.8) is 0 Å². The van der Waals surface area contributed by atoms with Crippen LogP contribution in [-0.4, -0.2) is 71.6 Å². The average Bonchev–Trinajstić information content (AvgIpc) is 3.23. The summed E-state index contributed by atoms with van der Waals surface area (Å²) in [4.78, 5) is 14.1. The van der Waals surface area contributed by atoms with Crippen LogP contribution < -0.4 is 20.7 Å². The molecule has 35 heavy (non-hydrogen) atoms. The number of benzene rings is 2. The number of para-hydroxylation sites is 1. The Hall–Kier alpha value is -3.47. The number of likely N-dealkylation sites (N-methyl/N-ethyl adjacent to an activating group) is 2. The molecule has 0 aliphatic rings. The molecule has 3 N–H and O–H groups in total. The number of methoxy groups -OCH3 is 1. The lowest BCUT2D eigenvalue weighted by atomic mass is 10.2. The minimum Gasteiger partial charge on any atom is -0.612 e. The Morgan fingerprint density at radius 2 is 1.91 bits per heavy atom. The molecule has 0 amide bonds. The van der Waals surface area contributed by atoms with Gasteiger partial charge in [0.05, 0.1) is 41.3 Å². The zero-order chi connectivity index (χ0) is 25.1. The van der Waals surface area contributed by atoms with E-state index in [4.69, 9.17) is 15.5 Å². The molecular weight excluding hydrogens is 462 g/mol. The van der Waals surface area contributed by atoms with E-state index < -0.39 is 11.2 Å². The Labute approximate surface area is 208 Å². The van der Waals surface area contributed by atoms with E-state index in [0.29, 0.717) is 28.9 Å².